The van der Waals surface area contributed by atoms with Crippen LogP contribution in [0.5, 0.6) is 0 Å². The summed E-state index contributed by atoms with van der Waals surface area (Å²) in [4.78, 5) is 26.3. The molecule has 0 aromatic heterocycles. The van der Waals surface area contributed by atoms with Crippen LogP contribution in [0.1, 0.15) is 11.1 Å². The molecule has 0 saturated heterocycles. The van der Waals surface area contributed by atoms with E-state index in [0.29, 0.717) is 6.42 Å². The minimum Gasteiger partial charge on any atom is -0.465 e. The first-order valence-corrected chi connectivity index (χ1v) is 8.06. The summed E-state index contributed by atoms with van der Waals surface area (Å²) in [6.45, 7) is 0.395. The first-order chi connectivity index (χ1) is 12.0. The van der Waals surface area contributed by atoms with Gasteiger partial charge >= 0.3 is 12.1 Å². The van der Waals surface area contributed by atoms with Crippen LogP contribution in [0.2, 0.25) is 0 Å². The molecule has 3 amide bonds. The molecule has 0 bridgehead atoms. The molecule has 0 saturated carbocycles. The Morgan fingerprint density at radius 2 is 1.60 bits per heavy atom. The Labute approximate surface area is 147 Å². The van der Waals surface area contributed by atoms with Crippen LogP contribution < -0.4 is 10.2 Å². The summed E-state index contributed by atoms with van der Waals surface area (Å²) < 4.78 is 0. The van der Waals surface area contributed by atoms with Gasteiger partial charge in [0.15, 0.2) is 0 Å². The predicted molar refractivity (Wildman–Crippen MR) is 97.9 cm³/mol. The number of hydrogen-bond donors (Lipinski definition) is 2. The van der Waals surface area contributed by atoms with Crippen LogP contribution in [0.4, 0.5) is 15.3 Å². The van der Waals surface area contributed by atoms with Gasteiger partial charge in [0, 0.05) is 32.9 Å². The van der Waals surface area contributed by atoms with Crippen LogP contribution in [0.15, 0.2) is 54.6 Å². The van der Waals surface area contributed by atoms with Crippen LogP contribution in [-0.2, 0) is 13.0 Å². The molecule has 6 heteroatoms. The summed E-state index contributed by atoms with van der Waals surface area (Å²) in [5, 5.41) is 11.9. The van der Waals surface area contributed by atoms with Gasteiger partial charge in [-0.15, -0.1) is 0 Å². The second-order valence-corrected chi connectivity index (χ2v) is 5.89. The van der Waals surface area contributed by atoms with Crippen molar-refractivity contribution in [2.45, 2.75) is 13.0 Å². The molecule has 0 spiro atoms. The Bertz CT molecular complexity index is 700. The van der Waals surface area contributed by atoms with Gasteiger partial charge in [0.25, 0.3) is 0 Å². The molecule has 6 nitrogen and oxygen atoms in total. The number of carboxylic acid groups (broad SMARTS) is 1. The average molecular weight is 341 g/mol. The van der Waals surface area contributed by atoms with Crippen molar-refractivity contribution in [3.8, 4) is 0 Å². The van der Waals surface area contributed by atoms with Gasteiger partial charge in [-0.25, -0.2) is 14.5 Å². The van der Waals surface area contributed by atoms with E-state index in [1.807, 2.05) is 73.6 Å². The molecule has 2 aromatic rings. The molecule has 0 radical (unpaired) electrons. The molecule has 0 atom stereocenters. The second kappa shape index (κ2) is 8.73. The molecule has 2 rings (SSSR count). The molecule has 0 heterocycles. The van der Waals surface area contributed by atoms with Crippen molar-refractivity contribution in [1.29, 1.82) is 0 Å². The molecule has 0 fully saturated rings. The lowest BCUT2D eigenvalue weighted by Gasteiger charge is -2.18. The molecule has 132 valence electrons. The van der Waals surface area contributed by atoms with Crippen LogP contribution in [0.3, 0.4) is 0 Å². The fraction of sp³-hybridized carbons (Fsp3) is 0.263. The zero-order valence-electron chi connectivity index (χ0n) is 14.5. The second-order valence-electron chi connectivity index (χ2n) is 5.89. The quantitative estimate of drug-likeness (QED) is 0.846. The topological polar surface area (TPSA) is 72.9 Å². The number of carbonyl (C=O) groups excluding carboxylic acids is 1. The van der Waals surface area contributed by atoms with E-state index < -0.39 is 12.1 Å². The predicted octanol–water partition coefficient (Wildman–Crippen LogP) is 3.18. The highest BCUT2D eigenvalue weighted by Crippen LogP contribution is 2.12. The van der Waals surface area contributed by atoms with Crippen molar-refractivity contribution in [2.24, 2.45) is 0 Å². The molecule has 0 aliphatic rings. The number of urea groups is 1. The van der Waals surface area contributed by atoms with Crippen LogP contribution in [0, 0.1) is 0 Å². The maximum atomic E-state index is 12.2. The van der Waals surface area contributed by atoms with Crippen LogP contribution >= 0.6 is 0 Å². The van der Waals surface area contributed by atoms with E-state index in [-0.39, 0.29) is 13.1 Å². The van der Waals surface area contributed by atoms with Crippen molar-refractivity contribution in [1.82, 2.24) is 10.2 Å². The van der Waals surface area contributed by atoms with Crippen molar-refractivity contribution >= 4 is 17.8 Å². The van der Waals surface area contributed by atoms with E-state index in [9.17, 15) is 14.7 Å². The van der Waals surface area contributed by atoms with Gasteiger partial charge in [0.2, 0.25) is 0 Å². The summed E-state index contributed by atoms with van der Waals surface area (Å²) in [6, 6.07) is 16.6. The molecule has 2 aromatic carbocycles. The minimum atomic E-state index is -1.25. The fourth-order valence-corrected chi connectivity index (χ4v) is 2.35. The van der Waals surface area contributed by atoms with Crippen molar-refractivity contribution in [3.63, 3.8) is 0 Å². The van der Waals surface area contributed by atoms with E-state index in [1.165, 1.54) is 0 Å². The highest BCUT2D eigenvalue weighted by Gasteiger charge is 2.20. The van der Waals surface area contributed by atoms with Gasteiger partial charge in [-0.3, -0.25) is 0 Å². The number of imide groups is 1. The first-order valence-electron chi connectivity index (χ1n) is 8.06. The van der Waals surface area contributed by atoms with Gasteiger partial charge in [-0.05, 0) is 29.7 Å². The van der Waals surface area contributed by atoms with Gasteiger partial charge < -0.3 is 15.3 Å². The Balaban J connectivity index is 1.90. The third-order valence-corrected chi connectivity index (χ3v) is 3.84. The zero-order valence-corrected chi connectivity index (χ0v) is 14.5. The summed E-state index contributed by atoms with van der Waals surface area (Å²) in [5.74, 6) is 0. The van der Waals surface area contributed by atoms with Crippen LogP contribution in [-0.4, -0.2) is 42.8 Å². The largest absolute Gasteiger partial charge is 0.465 e. The van der Waals surface area contributed by atoms with Gasteiger partial charge in [-0.2, -0.15) is 0 Å². The van der Waals surface area contributed by atoms with Gasteiger partial charge in [0.05, 0.1) is 0 Å². The lowest BCUT2D eigenvalue weighted by atomic mass is 10.1. The van der Waals surface area contributed by atoms with Gasteiger partial charge in [-0.1, -0.05) is 42.5 Å². The fourth-order valence-electron chi connectivity index (χ4n) is 2.35. The minimum absolute atomic E-state index is 0.116. The molecule has 2 N–H and O–H groups in total. The van der Waals surface area contributed by atoms with E-state index in [0.717, 1.165) is 21.7 Å². The van der Waals surface area contributed by atoms with E-state index in [1.54, 1.807) is 0 Å². The lowest BCUT2D eigenvalue weighted by molar-refractivity contribution is 0.148. The number of anilines is 1. The molecule has 25 heavy (non-hydrogen) atoms. The Morgan fingerprint density at radius 3 is 2.16 bits per heavy atom. The normalized spacial score (nSPS) is 10.2. The van der Waals surface area contributed by atoms with E-state index >= 15 is 0 Å². The molecular formula is C19H23N3O3. The third-order valence-electron chi connectivity index (χ3n) is 3.84. The van der Waals surface area contributed by atoms with E-state index in [4.69, 9.17) is 0 Å². The van der Waals surface area contributed by atoms with Crippen LogP contribution in [0.25, 0.3) is 0 Å². The molecule has 0 unspecified atom stereocenters. The first kappa shape index (κ1) is 18.3. The summed E-state index contributed by atoms with van der Waals surface area (Å²) in [7, 11) is 3.91. The summed E-state index contributed by atoms with van der Waals surface area (Å²) >= 11 is 0. The SMILES string of the molecule is CN(C)c1ccc(CNC(=O)N(CCc2ccccc2)C(=O)O)cc1. The molecule has 0 aliphatic heterocycles. The van der Waals surface area contributed by atoms with E-state index in [2.05, 4.69) is 5.32 Å². The highest BCUT2D eigenvalue weighted by atomic mass is 16.4. The number of nitrogens with one attached hydrogen (secondary N) is 1. The Kier molecular flexibility index (Phi) is 6.39. The smallest absolute Gasteiger partial charge is 0.415 e. The zero-order chi connectivity index (χ0) is 18.2. The Hall–Kier alpha value is -3.02. The lowest BCUT2D eigenvalue weighted by Crippen LogP contribution is -2.43. The molecule has 0 aliphatic carbocycles. The number of rotatable bonds is 6. The number of amides is 3. The van der Waals surface area contributed by atoms with Crippen molar-refractivity contribution < 1.29 is 14.7 Å². The van der Waals surface area contributed by atoms with Crippen molar-refractivity contribution in [3.05, 3.63) is 65.7 Å². The molecular weight excluding hydrogens is 318 g/mol. The third kappa shape index (κ3) is 5.53. The summed E-state index contributed by atoms with van der Waals surface area (Å²) in [6.07, 6.45) is -0.769. The Morgan fingerprint density at radius 1 is 0.960 bits per heavy atom. The summed E-state index contributed by atoms with van der Waals surface area (Å²) in [5.41, 5.74) is 2.96. The number of benzene rings is 2. The number of carbonyl (C=O) groups is 2. The average Bonchev–Trinajstić information content (AvgIpc) is 2.61. The maximum Gasteiger partial charge on any atom is 0.415 e. The van der Waals surface area contributed by atoms with Crippen molar-refractivity contribution in [2.75, 3.05) is 25.5 Å². The van der Waals surface area contributed by atoms with Gasteiger partial charge in [0.1, 0.15) is 0 Å². The standard InChI is InChI=1S/C19H23N3O3/c1-21(2)17-10-8-16(9-11-17)14-20-18(23)22(19(24)25)13-12-15-6-4-3-5-7-15/h3-11H,12-14H2,1-2H3,(H,20,23)(H,24,25). The maximum absolute atomic E-state index is 12.2. The number of nitrogens with zero attached hydrogens (tertiary/aromatic N) is 2. The monoisotopic (exact) mass is 341 g/mol. The highest BCUT2D eigenvalue weighted by molar-refractivity contribution is 5.89. The number of hydrogen-bond acceptors (Lipinski definition) is 3.